The third-order valence-electron chi connectivity index (χ3n) is 6.26. The molecule has 1 heterocycles. The number of benzene rings is 1. The monoisotopic (exact) mass is 632 g/mol. The summed E-state index contributed by atoms with van der Waals surface area (Å²) >= 11 is 1.44. The molecule has 2 rings (SSSR count). The Kier molecular flexibility index (Phi) is 13.5. The molecule has 0 spiro atoms. The number of esters is 4. The summed E-state index contributed by atoms with van der Waals surface area (Å²) in [5.74, 6) is -2.36. The maximum Gasteiger partial charge on any atom is 0.326 e. The molecule has 0 saturated carbocycles. The van der Waals surface area contributed by atoms with Crippen LogP contribution in [0.15, 0.2) is 35.7 Å². The van der Waals surface area contributed by atoms with Gasteiger partial charge in [-0.15, -0.1) is 11.3 Å². The molecule has 0 bridgehead atoms. The summed E-state index contributed by atoms with van der Waals surface area (Å²) in [6.07, 6.45) is -1.58. The van der Waals surface area contributed by atoms with Crippen LogP contribution < -0.4 is 5.32 Å². The zero-order chi connectivity index (χ0) is 33.2. The van der Waals surface area contributed by atoms with Gasteiger partial charge in [-0.05, 0) is 53.9 Å². The Hall–Kier alpha value is -3.31. The molecule has 2 unspecified atom stereocenters. The molecule has 44 heavy (non-hydrogen) atoms. The Morgan fingerprint density at radius 1 is 0.818 bits per heavy atom. The van der Waals surface area contributed by atoms with Gasteiger partial charge in [0, 0.05) is 30.7 Å². The lowest BCUT2D eigenvalue weighted by Crippen LogP contribution is -2.51. The molecule has 0 amide bonds. The zero-order valence-electron chi connectivity index (χ0n) is 27.6. The molecule has 0 radical (unpaired) electrons. The van der Waals surface area contributed by atoms with Crippen molar-refractivity contribution in [1.29, 1.82) is 0 Å². The van der Waals surface area contributed by atoms with Gasteiger partial charge in [-0.3, -0.25) is 24.5 Å². The Morgan fingerprint density at radius 3 is 1.93 bits per heavy atom. The standard InChI is InChI=1S/C33H48N2O8S/c1-11-26(43-31(39)33(8,9)10)42-29(37)25(18-23-19-44-27(34-23)22-15-13-12-14-16-22)35-24(17-20(2)3)28(36)40-21(4)41-30(38)32(5,6)7/h12-16,19-21,24-26,35H,11,17-18H2,1-10H3/t21?,24-,25-,26?/m0/s1. The average Bonchev–Trinajstić information content (AvgIpc) is 3.39. The third-order valence-corrected chi connectivity index (χ3v) is 7.20. The van der Waals surface area contributed by atoms with Gasteiger partial charge in [-0.2, -0.15) is 0 Å². The second-order valence-electron chi connectivity index (χ2n) is 13.2. The average molecular weight is 633 g/mol. The lowest BCUT2D eigenvalue weighted by molar-refractivity contribution is -0.195. The molecule has 244 valence electrons. The lowest BCUT2D eigenvalue weighted by Gasteiger charge is -2.28. The first-order valence-electron chi connectivity index (χ1n) is 15.0. The highest BCUT2D eigenvalue weighted by Gasteiger charge is 2.34. The van der Waals surface area contributed by atoms with Gasteiger partial charge in [-0.1, -0.05) is 51.1 Å². The summed E-state index contributed by atoms with van der Waals surface area (Å²) in [6.45, 7) is 17.3. The van der Waals surface area contributed by atoms with E-state index in [0.29, 0.717) is 12.1 Å². The molecule has 2 aromatic rings. The maximum absolute atomic E-state index is 13.6. The number of ether oxygens (including phenoxy) is 4. The van der Waals surface area contributed by atoms with Crippen LogP contribution >= 0.6 is 11.3 Å². The van der Waals surface area contributed by atoms with Gasteiger partial charge < -0.3 is 18.9 Å². The van der Waals surface area contributed by atoms with Crippen molar-refractivity contribution in [1.82, 2.24) is 10.3 Å². The highest BCUT2D eigenvalue weighted by molar-refractivity contribution is 7.13. The number of hydrogen-bond acceptors (Lipinski definition) is 11. The van der Waals surface area contributed by atoms with E-state index in [-0.39, 0.29) is 18.8 Å². The minimum atomic E-state index is -1.13. The Balaban J connectivity index is 2.32. The van der Waals surface area contributed by atoms with Gasteiger partial charge in [0.25, 0.3) is 0 Å². The molecular formula is C33H48N2O8S. The molecule has 11 heteroatoms. The van der Waals surface area contributed by atoms with Crippen molar-refractivity contribution >= 4 is 35.2 Å². The van der Waals surface area contributed by atoms with Crippen LogP contribution in [-0.2, 0) is 44.5 Å². The van der Waals surface area contributed by atoms with Crippen molar-refractivity contribution in [3.63, 3.8) is 0 Å². The van der Waals surface area contributed by atoms with Crippen molar-refractivity contribution in [3.8, 4) is 10.6 Å². The first-order valence-corrected chi connectivity index (χ1v) is 15.9. The van der Waals surface area contributed by atoms with Crippen LogP contribution in [0.4, 0.5) is 0 Å². The number of rotatable bonds is 14. The van der Waals surface area contributed by atoms with Crippen molar-refractivity contribution < 1.29 is 38.1 Å². The van der Waals surface area contributed by atoms with E-state index in [2.05, 4.69) is 5.32 Å². The third kappa shape index (κ3) is 12.0. The first kappa shape index (κ1) is 36.9. The van der Waals surface area contributed by atoms with Gasteiger partial charge in [0.2, 0.25) is 12.6 Å². The largest absolute Gasteiger partial charge is 0.425 e. The Bertz CT molecular complexity index is 1250. The molecular weight excluding hydrogens is 584 g/mol. The zero-order valence-corrected chi connectivity index (χ0v) is 28.4. The number of nitrogens with zero attached hydrogens (tertiary/aromatic N) is 1. The summed E-state index contributed by atoms with van der Waals surface area (Å²) in [7, 11) is 0. The normalized spacial score (nSPS) is 14.7. The molecule has 0 aliphatic carbocycles. The molecule has 1 aromatic carbocycles. The van der Waals surface area contributed by atoms with Gasteiger partial charge in [0.15, 0.2) is 0 Å². The summed E-state index contributed by atoms with van der Waals surface area (Å²) in [4.78, 5) is 56.5. The van der Waals surface area contributed by atoms with E-state index >= 15 is 0 Å². The smallest absolute Gasteiger partial charge is 0.326 e. The van der Waals surface area contributed by atoms with Crippen LogP contribution in [0.5, 0.6) is 0 Å². The number of thiazole rings is 1. The minimum Gasteiger partial charge on any atom is -0.425 e. The lowest BCUT2D eigenvalue weighted by atomic mass is 9.97. The highest BCUT2D eigenvalue weighted by atomic mass is 32.1. The van der Waals surface area contributed by atoms with Crippen LogP contribution in [0, 0.1) is 16.7 Å². The number of hydrogen-bond donors (Lipinski definition) is 1. The summed E-state index contributed by atoms with van der Waals surface area (Å²) in [5, 5.41) is 5.75. The Labute approximate surface area is 265 Å². The second-order valence-corrected chi connectivity index (χ2v) is 14.1. The van der Waals surface area contributed by atoms with Gasteiger partial charge in [0.1, 0.15) is 17.1 Å². The van der Waals surface area contributed by atoms with E-state index in [4.69, 9.17) is 23.9 Å². The van der Waals surface area contributed by atoms with E-state index in [1.165, 1.54) is 18.3 Å². The molecule has 0 aliphatic heterocycles. The SMILES string of the molecule is CCC(OC(=O)[C@H](Cc1csc(-c2ccccc2)n1)N[C@@H](CC(C)C)C(=O)OC(C)OC(=O)C(C)(C)C)OC(=O)C(C)(C)C. The van der Waals surface area contributed by atoms with E-state index in [9.17, 15) is 19.2 Å². The molecule has 10 nitrogen and oxygen atoms in total. The predicted molar refractivity (Wildman–Crippen MR) is 168 cm³/mol. The van der Waals surface area contributed by atoms with Crippen LogP contribution in [-0.4, -0.2) is 53.5 Å². The molecule has 1 N–H and O–H groups in total. The molecule has 0 saturated heterocycles. The molecule has 0 aliphatic rings. The predicted octanol–water partition coefficient (Wildman–Crippen LogP) is 6.07. The van der Waals surface area contributed by atoms with Crippen LogP contribution in [0.1, 0.15) is 87.8 Å². The first-order chi connectivity index (χ1) is 20.4. The number of aromatic nitrogens is 1. The summed E-state index contributed by atoms with van der Waals surface area (Å²) in [5.41, 5.74) is -0.00231. The van der Waals surface area contributed by atoms with E-state index in [1.807, 2.05) is 49.6 Å². The topological polar surface area (TPSA) is 130 Å². The number of carbonyl (C=O) groups excluding carboxylic acids is 4. The highest BCUT2D eigenvalue weighted by Crippen LogP contribution is 2.25. The van der Waals surface area contributed by atoms with E-state index in [0.717, 1.165) is 10.6 Å². The van der Waals surface area contributed by atoms with Crippen LogP contribution in [0.2, 0.25) is 0 Å². The molecule has 1 aromatic heterocycles. The molecule has 4 atom stereocenters. The van der Waals surface area contributed by atoms with Crippen molar-refractivity contribution in [2.45, 2.75) is 113 Å². The minimum absolute atomic E-state index is 0.0456. The van der Waals surface area contributed by atoms with Gasteiger partial charge in [-0.25, -0.2) is 4.98 Å². The maximum atomic E-state index is 13.6. The number of nitrogens with one attached hydrogen (secondary N) is 1. The fourth-order valence-corrected chi connectivity index (χ4v) is 4.61. The fraction of sp³-hybridized carbons (Fsp3) is 0.606. The van der Waals surface area contributed by atoms with Gasteiger partial charge in [0.05, 0.1) is 16.5 Å². The van der Waals surface area contributed by atoms with Crippen molar-refractivity contribution in [3.05, 3.63) is 41.4 Å². The second kappa shape index (κ2) is 16.1. The quantitative estimate of drug-likeness (QED) is 0.193. The fourth-order valence-electron chi connectivity index (χ4n) is 3.78. The van der Waals surface area contributed by atoms with E-state index < -0.39 is 59.4 Å². The summed E-state index contributed by atoms with van der Waals surface area (Å²) in [6, 6.07) is 7.69. The van der Waals surface area contributed by atoms with Crippen LogP contribution in [0.25, 0.3) is 10.6 Å². The van der Waals surface area contributed by atoms with E-state index in [1.54, 1.807) is 48.5 Å². The number of carbonyl (C=O) groups is 4. The van der Waals surface area contributed by atoms with Crippen molar-refractivity contribution in [2.75, 3.05) is 0 Å². The van der Waals surface area contributed by atoms with Crippen molar-refractivity contribution in [2.24, 2.45) is 16.7 Å². The van der Waals surface area contributed by atoms with Crippen LogP contribution in [0.3, 0.4) is 0 Å². The Morgan fingerprint density at radius 2 is 1.39 bits per heavy atom. The molecule has 0 fully saturated rings. The summed E-state index contributed by atoms with van der Waals surface area (Å²) < 4.78 is 21.9. The van der Waals surface area contributed by atoms with Gasteiger partial charge >= 0.3 is 23.9 Å².